The third-order valence-electron chi connectivity index (χ3n) is 4.47. The highest BCUT2D eigenvalue weighted by Gasteiger charge is 2.16. The summed E-state index contributed by atoms with van der Waals surface area (Å²) in [4.78, 5) is 24.1. The maximum atomic E-state index is 12.3. The van der Waals surface area contributed by atoms with Gasteiger partial charge in [-0.05, 0) is 53.2 Å². The van der Waals surface area contributed by atoms with Crippen LogP contribution in [0.4, 0.5) is 0 Å². The zero-order valence-corrected chi connectivity index (χ0v) is 16.3. The van der Waals surface area contributed by atoms with Crippen molar-refractivity contribution in [2.45, 2.75) is 26.9 Å². The normalized spacial score (nSPS) is 10.7. The second-order valence-electron chi connectivity index (χ2n) is 6.30. The highest BCUT2D eigenvalue weighted by atomic mass is 16.5. The maximum Gasteiger partial charge on any atom is 0.368 e. The fraction of sp³-hybridized carbons (Fsp3) is 0.300. The summed E-state index contributed by atoms with van der Waals surface area (Å²) in [5, 5.41) is 7.66. The van der Waals surface area contributed by atoms with Crippen LogP contribution in [0.5, 0.6) is 11.5 Å². The minimum absolute atomic E-state index is 0.0868. The fourth-order valence-electron chi connectivity index (χ4n) is 2.89. The Morgan fingerprint density at radius 3 is 2.54 bits per heavy atom. The molecule has 3 aromatic rings. The Morgan fingerprint density at radius 2 is 1.93 bits per heavy atom. The number of benzene rings is 2. The molecule has 0 N–H and O–H groups in total. The molecule has 0 amide bonds. The minimum atomic E-state index is -0.367. The largest absolute Gasteiger partial charge is 0.496 e. The van der Waals surface area contributed by atoms with E-state index in [2.05, 4.69) is 10.4 Å². The van der Waals surface area contributed by atoms with Crippen molar-refractivity contribution in [3.05, 3.63) is 63.6 Å². The van der Waals surface area contributed by atoms with Gasteiger partial charge >= 0.3 is 5.69 Å². The van der Waals surface area contributed by atoms with Crippen molar-refractivity contribution in [2.24, 2.45) is 7.05 Å². The van der Waals surface area contributed by atoms with E-state index in [1.54, 1.807) is 37.4 Å². The van der Waals surface area contributed by atoms with Gasteiger partial charge in [-0.15, -0.1) is 0 Å². The van der Waals surface area contributed by atoms with Gasteiger partial charge in [0.2, 0.25) is 0 Å². The first-order valence-corrected chi connectivity index (χ1v) is 8.88. The first-order valence-electron chi connectivity index (χ1n) is 8.88. The van der Waals surface area contributed by atoms with Crippen LogP contribution in [0, 0.1) is 6.92 Å². The third-order valence-corrected chi connectivity index (χ3v) is 4.47. The lowest BCUT2D eigenvalue weighted by atomic mass is 10.1. The second kappa shape index (κ2) is 8.08. The predicted octanol–water partition coefficient (Wildman–Crippen LogP) is 2.45. The zero-order chi connectivity index (χ0) is 20.3. The van der Waals surface area contributed by atoms with Gasteiger partial charge in [-0.25, -0.2) is 4.79 Å². The van der Waals surface area contributed by atoms with E-state index >= 15 is 0 Å². The SMILES string of the molecule is CCC(=O)c1ccc(OCc2c(OC)cccc2-n2nnn(C)c2=O)c(C)c1. The molecule has 0 atom stereocenters. The van der Waals surface area contributed by atoms with Crippen LogP contribution in [0.2, 0.25) is 0 Å². The number of ether oxygens (including phenoxy) is 2. The molecule has 3 rings (SSSR count). The molecule has 8 heteroatoms. The number of methoxy groups -OCH3 is 1. The first-order chi connectivity index (χ1) is 13.5. The summed E-state index contributed by atoms with van der Waals surface area (Å²) in [6.07, 6.45) is 0.455. The van der Waals surface area contributed by atoms with E-state index < -0.39 is 0 Å². The van der Waals surface area contributed by atoms with Crippen LogP contribution in [0.3, 0.4) is 0 Å². The number of ketones is 1. The Kier molecular flexibility index (Phi) is 5.58. The monoisotopic (exact) mass is 382 g/mol. The maximum absolute atomic E-state index is 12.3. The van der Waals surface area contributed by atoms with Crippen molar-refractivity contribution in [2.75, 3.05) is 7.11 Å². The number of hydrogen-bond acceptors (Lipinski definition) is 6. The van der Waals surface area contributed by atoms with Gasteiger partial charge in [0.15, 0.2) is 5.78 Å². The minimum Gasteiger partial charge on any atom is -0.496 e. The molecule has 28 heavy (non-hydrogen) atoms. The lowest BCUT2D eigenvalue weighted by Gasteiger charge is -2.15. The van der Waals surface area contributed by atoms with Crippen LogP contribution in [-0.2, 0) is 13.7 Å². The molecular weight excluding hydrogens is 360 g/mol. The van der Waals surface area contributed by atoms with E-state index in [-0.39, 0.29) is 18.1 Å². The molecule has 0 aliphatic carbocycles. The van der Waals surface area contributed by atoms with Gasteiger partial charge < -0.3 is 9.47 Å². The molecule has 2 aromatic carbocycles. The predicted molar refractivity (Wildman–Crippen MR) is 103 cm³/mol. The number of aryl methyl sites for hydroxylation is 2. The Balaban J connectivity index is 1.94. The summed E-state index contributed by atoms with van der Waals surface area (Å²) in [5.74, 6) is 1.31. The van der Waals surface area contributed by atoms with E-state index in [9.17, 15) is 9.59 Å². The van der Waals surface area contributed by atoms with Gasteiger partial charge in [0.05, 0.1) is 18.4 Å². The summed E-state index contributed by atoms with van der Waals surface area (Å²) < 4.78 is 13.8. The standard InChI is InChI=1S/C20H22N4O4/c1-5-17(25)14-9-10-18(13(2)11-14)28-12-15-16(7-6-8-19(15)27-4)24-20(26)23(3)21-22-24/h6-11H,5,12H2,1-4H3. The highest BCUT2D eigenvalue weighted by Crippen LogP contribution is 2.27. The Bertz CT molecular complexity index is 1070. The molecule has 146 valence electrons. The zero-order valence-electron chi connectivity index (χ0n) is 16.3. The van der Waals surface area contributed by atoms with Crippen LogP contribution in [0.25, 0.3) is 5.69 Å². The summed E-state index contributed by atoms with van der Waals surface area (Å²) in [7, 11) is 3.09. The molecule has 8 nitrogen and oxygen atoms in total. The molecule has 0 unspecified atom stereocenters. The number of carbonyl (C=O) groups excluding carboxylic acids is 1. The molecule has 0 spiro atoms. The molecular formula is C20H22N4O4. The number of nitrogens with zero attached hydrogens (tertiary/aromatic N) is 4. The van der Waals surface area contributed by atoms with Crippen molar-refractivity contribution < 1.29 is 14.3 Å². The molecule has 0 bridgehead atoms. The number of carbonyl (C=O) groups is 1. The molecule has 1 heterocycles. The topological polar surface area (TPSA) is 88.2 Å². The van der Waals surface area contributed by atoms with Gasteiger partial charge in [-0.2, -0.15) is 9.36 Å². The number of hydrogen-bond donors (Lipinski definition) is 0. The number of rotatable bonds is 7. The van der Waals surface area contributed by atoms with E-state index in [4.69, 9.17) is 9.47 Å². The second-order valence-corrected chi connectivity index (χ2v) is 6.30. The van der Waals surface area contributed by atoms with Crippen molar-refractivity contribution in [1.29, 1.82) is 0 Å². The average molecular weight is 382 g/mol. The lowest BCUT2D eigenvalue weighted by molar-refractivity contribution is 0.0988. The van der Waals surface area contributed by atoms with Crippen LogP contribution in [-0.4, -0.2) is 32.7 Å². The first kappa shape index (κ1) is 19.3. The number of aromatic nitrogens is 4. The molecule has 0 radical (unpaired) electrons. The molecule has 0 aliphatic rings. The van der Waals surface area contributed by atoms with Gasteiger partial charge in [0.1, 0.15) is 18.1 Å². The molecule has 1 aromatic heterocycles. The van der Waals surface area contributed by atoms with Crippen LogP contribution in [0.15, 0.2) is 41.2 Å². The summed E-state index contributed by atoms with van der Waals surface area (Å²) in [5.41, 5.74) is 2.35. The van der Waals surface area contributed by atoms with E-state index in [1.807, 2.05) is 19.9 Å². The third kappa shape index (κ3) is 3.66. The Morgan fingerprint density at radius 1 is 1.14 bits per heavy atom. The van der Waals surface area contributed by atoms with Crippen molar-refractivity contribution in [3.63, 3.8) is 0 Å². The van der Waals surface area contributed by atoms with Gasteiger partial charge in [0.25, 0.3) is 0 Å². The smallest absolute Gasteiger partial charge is 0.368 e. The molecule has 0 saturated carbocycles. The Labute approximate surface area is 162 Å². The van der Waals surface area contributed by atoms with E-state index in [1.165, 1.54) is 11.7 Å². The van der Waals surface area contributed by atoms with Gasteiger partial charge in [0, 0.05) is 19.0 Å². The summed E-state index contributed by atoms with van der Waals surface area (Å²) >= 11 is 0. The van der Waals surface area contributed by atoms with Crippen molar-refractivity contribution >= 4 is 5.78 Å². The molecule has 0 fully saturated rings. The van der Waals surface area contributed by atoms with Crippen LogP contribution in [0.1, 0.15) is 34.8 Å². The lowest BCUT2D eigenvalue weighted by Crippen LogP contribution is -2.23. The average Bonchev–Trinajstić information content (AvgIpc) is 3.04. The molecule has 0 saturated heterocycles. The molecule has 0 aliphatic heterocycles. The Hall–Kier alpha value is -3.42. The summed E-state index contributed by atoms with van der Waals surface area (Å²) in [6, 6.07) is 10.7. The summed E-state index contributed by atoms with van der Waals surface area (Å²) in [6.45, 7) is 3.88. The number of tetrazole rings is 1. The van der Waals surface area contributed by atoms with Crippen molar-refractivity contribution in [3.8, 4) is 17.2 Å². The van der Waals surface area contributed by atoms with Crippen molar-refractivity contribution in [1.82, 2.24) is 19.8 Å². The number of Topliss-reactive ketones (excluding diaryl/α,β-unsaturated/α-hetero) is 1. The van der Waals surface area contributed by atoms with Gasteiger partial charge in [-0.1, -0.05) is 13.0 Å². The van der Waals surface area contributed by atoms with Crippen LogP contribution >= 0.6 is 0 Å². The van der Waals surface area contributed by atoms with E-state index in [0.717, 1.165) is 10.2 Å². The van der Waals surface area contributed by atoms with Gasteiger partial charge in [-0.3, -0.25) is 4.79 Å². The highest BCUT2D eigenvalue weighted by molar-refractivity contribution is 5.96. The quantitative estimate of drug-likeness (QED) is 0.583. The van der Waals surface area contributed by atoms with E-state index in [0.29, 0.717) is 34.7 Å². The van der Waals surface area contributed by atoms with Crippen LogP contribution < -0.4 is 15.2 Å². The fourth-order valence-corrected chi connectivity index (χ4v) is 2.89.